The summed E-state index contributed by atoms with van der Waals surface area (Å²) in [6, 6.07) is 28.6. The van der Waals surface area contributed by atoms with Crippen LogP contribution in [0.3, 0.4) is 0 Å². The number of nitrogens with one attached hydrogen (secondary N) is 3. The first-order valence-corrected chi connectivity index (χ1v) is 35.3. The Kier molecular flexibility index (Phi) is 13.2. The summed E-state index contributed by atoms with van der Waals surface area (Å²) in [5, 5.41) is 4.42. The van der Waals surface area contributed by atoms with E-state index in [1.54, 1.807) is 0 Å². The minimum atomic E-state index is -2.82. The Hall–Kier alpha value is -2.31. The van der Waals surface area contributed by atoms with Crippen LogP contribution in [0.5, 0.6) is 0 Å². The van der Waals surface area contributed by atoms with Gasteiger partial charge in [-0.15, -0.1) is 0 Å². The second kappa shape index (κ2) is 16.9. The molecule has 58 heavy (non-hydrogen) atoms. The van der Waals surface area contributed by atoms with Crippen molar-refractivity contribution < 1.29 is 13.3 Å². The van der Waals surface area contributed by atoms with Gasteiger partial charge >= 0.3 is 363 Å². The number of H-pyrrole nitrogens is 3. The summed E-state index contributed by atoms with van der Waals surface area (Å²) >= 11 is -2.82. The number of fused-ring (bicyclic) bond motifs is 3. The summed E-state index contributed by atoms with van der Waals surface area (Å²) in [5.41, 5.74) is 7.38. The first-order chi connectivity index (χ1) is 26.8. The fraction of sp³-hybridized carbons (Fsp3) is 0.500. The molecule has 3 aromatic carbocycles. The molecule has 6 rings (SSSR count). The summed E-state index contributed by atoms with van der Waals surface area (Å²) in [5.74, 6) is 0. The van der Waals surface area contributed by atoms with Gasteiger partial charge in [-0.25, -0.2) is 0 Å². The van der Waals surface area contributed by atoms with Crippen molar-refractivity contribution in [3.05, 3.63) is 89.9 Å². The Morgan fingerprint density at radius 1 is 0.414 bits per heavy atom. The molecule has 0 saturated heterocycles. The molecule has 0 bridgehead atoms. The van der Waals surface area contributed by atoms with Crippen LogP contribution < -0.4 is 9.81 Å². The van der Waals surface area contributed by atoms with Crippen molar-refractivity contribution in [3.63, 3.8) is 0 Å². The quantitative estimate of drug-likeness (QED) is 0.0897. The molecule has 314 valence electrons. The predicted octanol–water partition coefficient (Wildman–Crippen LogP) is 11.3. The molecule has 6 nitrogen and oxygen atoms in total. The molecule has 0 unspecified atom stereocenters. The maximum absolute atomic E-state index is 6.56. The number of hydrogen-bond acceptors (Lipinski definition) is 3. The topological polar surface area (TPSA) is 75.1 Å². The first kappa shape index (κ1) is 45.2. The van der Waals surface area contributed by atoms with Crippen molar-refractivity contribution in [2.45, 2.75) is 136 Å². The predicted molar refractivity (Wildman–Crippen MR) is 260 cm³/mol. The molecule has 3 N–H and O–H groups in total. The van der Waals surface area contributed by atoms with E-state index in [0.717, 1.165) is 39.1 Å². The van der Waals surface area contributed by atoms with Crippen molar-refractivity contribution in [1.82, 2.24) is 15.0 Å². The van der Waals surface area contributed by atoms with Gasteiger partial charge in [0, 0.05) is 0 Å². The van der Waals surface area contributed by atoms with Crippen LogP contribution in [-0.2, 0) is 32.5 Å². The Morgan fingerprint density at radius 2 is 0.672 bits per heavy atom. The van der Waals surface area contributed by atoms with Gasteiger partial charge in [-0.3, -0.25) is 0 Å². The van der Waals surface area contributed by atoms with Gasteiger partial charge in [-0.1, -0.05) is 0 Å². The summed E-state index contributed by atoms with van der Waals surface area (Å²) in [6.07, 6.45) is 2.67. The monoisotopic (exact) mass is 1030 g/mol. The van der Waals surface area contributed by atoms with E-state index >= 15 is 0 Å². The van der Waals surface area contributed by atoms with Gasteiger partial charge in [0.25, 0.3) is 0 Å². The molecule has 0 saturated carbocycles. The molecule has 0 atom stereocenters. The Balaban J connectivity index is 1.31. The molecule has 3 heterocycles. The average Bonchev–Trinajstić information content (AvgIpc) is 3.82. The third-order valence-electron chi connectivity index (χ3n) is 13.7. The molecular formula is C48H72BiN3O3Si3. The first-order valence-electron chi connectivity index (χ1n) is 21.4. The summed E-state index contributed by atoms with van der Waals surface area (Å²) in [7, 11) is -5.39. The van der Waals surface area contributed by atoms with Crippen LogP contribution in [0.15, 0.2) is 72.8 Å². The van der Waals surface area contributed by atoms with Crippen molar-refractivity contribution in [2.24, 2.45) is 0 Å². The van der Waals surface area contributed by atoms with Gasteiger partial charge in [0.05, 0.1) is 0 Å². The molecule has 0 radical (unpaired) electrons. The van der Waals surface area contributed by atoms with E-state index in [4.69, 9.17) is 13.3 Å². The molecule has 0 aliphatic rings. The van der Waals surface area contributed by atoms with Crippen LogP contribution in [0.25, 0.3) is 32.7 Å². The van der Waals surface area contributed by atoms with Crippen molar-refractivity contribution >= 4 is 89.2 Å². The normalized spacial score (nSPS) is 13.9. The number of aromatic nitrogens is 3. The molecule has 0 aliphatic heterocycles. The van der Waals surface area contributed by atoms with E-state index in [-0.39, 0.29) is 15.1 Å². The van der Waals surface area contributed by atoms with Gasteiger partial charge in [0.15, 0.2) is 0 Å². The number of hydrogen-bond donors (Lipinski definition) is 3. The second-order valence-corrected chi connectivity index (χ2v) is 44.2. The summed E-state index contributed by atoms with van der Waals surface area (Å²) in [4.78, 5) is 11.4. The third kappa shape index (κ3) is 10.2. The van der Waals surface area contributed by atoms with Crippen LogP contribution >= 0.6 is 0 Å². The third-order valence-corrected chi connectivity index (χ3v) is 36.6. The zero-order chi connectivity index (χ0) is 42.5. The number of aromatic amines is 3. The molecular weight excluding hydrogens is 960 g/mol. The Bertz CT molecular complexity index is 2090. The molecule has 10 heteroatoms. The SMILES string of the molecule is CC(C)(C)[Si](C)(C)OCCc1cc2cc[c]([Bi]([c]3ccc4cc(CCO[Si](C)(C)C(C)(C)C)[nH]c4c3)[c]3ccc4cc(CCO[Si](C)(C)C(C)(C)C)[nH]c4c3)cc2[nH]1. The Morgan fingerprint density at radius 3 is 0.914 bits per heavy atom. The average molecular weight is 1030 g/mol. The molecule has 0 amide bonds. The van der Waals surface area contributed by atoms with Gasteiger partial charge in [0.1, 0.15) is 0 Å². The van der Waals surface area contributed by atoms with Gasteiger partial charge < -0.3 is 0 Å². The van der Waals surface area contributed by atoms with E-state index in [9.17, 15) is 0 Å². The van der Waals surface area contributed by atoms with Crippen LogP contribution in [-0.4, -0.2) is 81.5 Å². The van der Waals surface area contributed by atoms with E-state index in [1.807, 2.05) is 0 Å². The van der Waals surface area contributed by atoms with Crippen LogP contribution in [0.1, 0.15) is 79.4 Å². The standard InChI is InChI=1S/3C16H24NOSi.Bi/c3*1-16(2,3)19(4,5)18-11-10-14-12-13-8-6-7-9-15(13)17-14;/h3*6,8-9,12,17H,10-11H2,1-5H3;. The van der Waals surface area contributed by atoms with Gasteiger partial charge in [-0.05, 0) is 0 Å². The van der Waals surface area contributed by atoms with Crippen LogP contribution in [0.2, 0.25) is 54.4 Å². The number of rotatable bonds is 15. The number of benzene rings is 3. The fourth-order valence-electron chi connectivity index (χ4n) is 6.69. The molecule has 0 spiro atoms. The van der Waals surface area contributed by atoms with Crippen molar-refractivity contribution in [3.8, 4) is 0 Å². The zero-order valence-corrected chi connectivity index (χ0v) is 44.8. The van der Waals surface area contributed by atoms with E-state index in [1.165, 1.54) is 59.6 Å². The van der Waals surface area contributed by atoms with Crippen LogP contribution in [0.4, 0.5) is 0 Å². The van der Waals surface area contributed by atoms with Crippen molar-refractivity contribution in [2.75, 3.05) is 19.8 Å². The molecule has 0 aliphatic carbocycles. The second-order valence-electron chi connectivity index (χ2n) is 21.1. The molecule has 6 aromatic rings. The summed E-state index contributed by atoms with van der Waals surface area (Å²) < 4.78 is 24.1. The minimum absolute atomic E-state index is 0.206. The van der Waals surface area contributed by atoms with E-state index in [2.05, 4.69) is 189 Å². The van der Waals surface area contributed by atoms with Gasteiger partial charge in [-0.2, -0.15) is 0 Å². The molecule has 0 fully saturated rings. The molecule has 3 aromatic heterocycles. The summed E-state index contributed by atoms with van der Waals surface area (Å²) in [6.45, 7) is 37.0. The van der Waals surface area contributed by atoms with E-state index in [0.29, 0.717) is 0 Å². The Labute approximate surface area is 360 Å². The van der Waals surface area contributed by atoms with E-state index < -0.39 is 46.7 Å². The van der Waals surface area contributed by atoms with Crippen molar-refractivity contribution in [1.29, 1.82) is 0 Å². The fourth-order valence-corrected chi connectivity index (χ4v) is 18.9. The zero-order valence-electron chi connectivity index (χ0n) is 38.3. The maximum atomic E-state index is 6.56. The van der Waals surface area contributed by atoms with Gasteiger partial charge in [0.2, 0.25) is 0 Å². The van der Waals surface area contributed by atoms with Crippen LogP contribution in [0, 0.1) is 0 Å².